The first-order valence-electron chi connectivity index (χ1n) is 7.14. The Kier molecular flexibility index (Phi) is 4.04. The Morgan fingerprint density at radius 2 is 2.33 bits per heavy atom. The van der Waals surface area contributed by atoms with Gasteiger partial charge in [-0.3, -0.25) is 5.01 Å². The van der Waals surface area contributed by atoms with Gasteiger partial charge in [0, 0.05) is 11.3 Å². The Morgan fingerprint density at radius 3 is 3.00 bits per heavy atom. The standard InChI is InChI=1S/C15H17N7OS/c1-7(17)6-22-8(2)11-9(5-19-22)13-14(20-11)21-15(24-13)12(23)10(18)3-4-16/h3-5,12,17-18,20,23H,2,6,16H2,1H3/b4-3-,17-7?,18-10?/t12-/m0/s1. The average Bonchev–Trinajstić information content (AvgIpc) is 3.07. The Balaban J connectivity index is 1.97. The van der Waals surface area contributed by atoms with Crippen LogP contribution in [0.2, 0.25) is 0 Å². The van der Waals surface area contributed by atoms with Gasteiger partial charge in [0.15, 0.2) is 0 Å². The molecular formula is C15H17N7OS. The van der Waals surface area contributed by atoms with Crippen LogP contribution in [0.25, 0.3) is 16.0 Å². The summed E-state index contributed by atoms with van der Waals surface area (Å²) in [5.41, 5.74) is 8.66. The fourth-order valence-corrected chi connectivity index (χ4v) is 3.43. The zero-order valence-electron chi connectivity index (χ0n) is 13.0. The van der Waals surface area contributed by atoms with Gasteiger partial charge in [-0.05, 0) is 19.2 Å². The van der Waals surface area contributed by atoms with Crippen LogP contribution in [0.4, 0.5) is 0 Å². The predicted octanol–water partition coefficient (Wildman–Crippen LogP) is 1.81. The zero-order chi connectivity index (χ0) is 17.4. The van der Waals surface area contributed by atoms with E-state index in [1.54, 1.807) is 18.1 Å². The number of aliphatic hydroxyl groups is 1. The number of aromatic nitrogens is 2. The number of nitrogens with one attached hydrogen (secondary N) is 3. The second-order valence-corrected chi connectivity index (χ2v) is 6.42. The molecule has 0 spiro atoms. The molecule has 6 N–H and O–H groups in total. The summed E-state index contributed by atoms with van der Waals surface area (Å²) in [7, 11) is 0. The smallest absolute Gasteiger partial charge is 0.150 e. The zero-order valence-corrected chi connectivity index (χ0v) is 13.8. The Bertz CT molecular complexity index is 904. The average molecular weight is 343 g/mol. The summed E-state index contributed by atoms with van der Waals surface area (Å²) in [5.74, 6) is 0. The molecule has 0 saturated heterocycles. The van der Waals surface area contributed by atoms with Gasteiger partial charge in [0.05, 0.1) is 34.6 Å². The molecular weight excluding hydrogens is 326 g/mol. The molecule has 0 unspecified atom stereocenters. The highest BCUT2D eigenvalue weighted by Crippen LogP contribution is 2.35. The first-order valence-corrected chi connectivity index (χ1v) is 7.96. The van der Waals surface area contributed by atoms with Gasteiger partial charge < -0.3 is 26.6 Å². The molecule has 2 aromatic rings. The fraction of sp³-hybridized carbons (Fsp3) is 0.200. The Hall–Kier alpha value is -2.78. The summed E-state index contributed by atoms with van der Waals surface area (Å²) in [6.07, 6.45) is 3.12. The predicted molar refractivity (Wildman–Crippen MR) is 96.7 cm³/mol. The number of nitrogens with two attached hydrogens (primary N) is 1. The molecule has 0 amide bonds. The highest BCUT2D eigenvalue weighted by atomic mass is 32.1. The van der Waals surface area contributed by atoms with Gasteiger partial charge in [0.2, 0.25) is 0 Å². The third-order valence-corrected chi connectivity index (χ3v) is 4.66. The number of H-pyrrole nitrogens is 1. The Labute approximate surface area is 142 Å². The highest BCUT2D eigenvalue weighted by molar-refractivity contribution is 7.19. The van der Waals surface area contributed by atoms with Crippen LogP contribution < -0.4 is 5.73 Å². The highest BCUT2D eigenvalue weighted by Gasteiger charge is 2.25. The number of fused-ring (bicyclic) bond motifs is 3. The molecule has 24 heavy (non-hydrogen) atoms. The van der Waals surface area contributed by atoms with E-state index in [1.165, 1.54) is 23.6 Å². The molecule has 9 heteroatoms. The molecule has 0 bridgehead atoms. The molecule has 1 aliphatic heterocycles. The molecule has 0 radical (unpaired) electrons. The van der Waals surface area contributed by atoms with Crippen molar-refractivity contribution in [2.24, 2.45) is 10.8 Å². The fourth-order valence-electron chi connectivity index (χ4n) is 2.39. The van der Waals surface area contributed by atoms with Crippen LogP contribution in [0.1, 0.15) is 29.3 Å². The number of hydrogen-bond acceptors (Lipinski definition) is 8. The van der Waals surface area contributed by atoms with Crippen LogP contribution >= 0.6 is 11.3 Å². The van der Waals surface area contributed by atoms with E-state index in [0.29, 0.717) is 28.6 Å². The minimum Gasteiger partial charge on any atom is -0.405 e. The second kappa shape index (κ2) is 6.02. The molecule has 3 heterocycles. The van der Waals surface area contributed by atoms with Crippen molar-refractivity contribution in [2.75, 3.05) is 6.54 Å². The van der Waals surface area contributed by atoms with Gasteiger partial charge >= 0.3 is 0 Å². The topological polar surface area (TPSA) is 138 Å². The maximum atomic E-state index is 10.2. The van der Waals surface area contributed by atoms with Crippen molar-refractivity contribution in [2.45, 2.75) is 13.0 Å². The number of rotatable bonds is 5. The minimum atomic E-state index is -1.12. The molecule has 0 aromatic carbocycles. The first-order chi connectivity index (χ1) is 11.4. The van der Waals surface area contributed by atoms with Gasteiger partial charge in [-0.2, -0.15) is 5.10 Å². The van der Waals surface area contributed by atoms with Crippen molar-refractivity contribution in [3.05, 3.63) is 35.1 Å². The molecule has 0 saturated carbocycles. The molecule has 0 fully saturated rings. The minimum absolute atomic E-state index is 0.0199. The second-order valence-electron chi connectivity index (χ2n) is 5.39. The van der Waals surface area contributed by atoms with E-state index in [0.717, 1.165) is 16.0 Å². The maximum Gasteiger partial charge on any atom is 0.150 e. The van der Waals surface area contributed by atoms with Crippen LogP contribution in [0.3, 0.4) is 0 Å². The molecule has 0 aliphatic carbocycles. The Morgan fingerprint density at radius 1 is 1.58 bits per heavy atom. The van der Waals surface area contributed by atoms with Crippen LogP contribution in [-0.4, -0.2) is 44.3 Å². The van der Waals surface area contributed by atoms with Gasteiger partial charge in [0.1, 0.15) is 16.8 Å². The third kappa shape index (κ3) is 2.63. The summed E-state index contributed by atoms with van der Waals surface area (Å²) in [6.45, 7) is 6.12. The SMILES string of the molecule is C=C1c2[nH]c3nc([C@@H](O)C(=N)/C=C\N)sc3c2C=NN1CC(C)=N. The molecule has 2 aromatic heterocycles. The normalized spacial score (nSPS) is 15.2. The lowest BCUT2D eigenvalue weighted by atomic mass is 10.2. The number of aliphatic hydroxyl groups excluding tert-OH is 1. The van der Waals surface area contributed by atoms with Gasteiger partial charge in [0.25, 0.3) is 0 Å². The van der Waals surface area contributed by atoms with E-state index in [1.807, 2.05) is 0 Å². The van der Waals surface area contributed by atoms with Crippen LogP contribution in [-0.2, 0) is 0 Å². The van der Waals surface area contributed by atoms with E-state index in [-0.39, 0.29) is 5.71 Å². The van der Waals surface area contributed by atoms with Crippen molar-refractivity contribution < 1.29 is 5.11 Å². The molecule has 1 atom stereocenters. The summed E-state index contributed by atoms with van der Waals surface area (Å²) < 4.78 is 0.847. The molecule has 1 aliphatic rings. The largest absolute Gasteiger partial charge is 0.405 e. The monoisotopic (exact) mass is 343 g/mol. The first kappa shape index (κ1) is 16.1. The summed E-state index contributed by atoms with van der Waals surface area (Å²) in [5, 5.41) is 31.9. The van der Waals surface area contributed by atoms with Crippen LogP contribution in [0, 0.1) is 10.8 Å². The van der Waals surface area contributed by atoms with Crippen molar-refractivity contribution in [3.63, 3.8) is 0 Å². The van der Waals surface area contributed by atoms with E-state index in [9.17, 15) is 5.11 Å². The molecule has 124 valence electrons. The number of hydrogen-bond donors (Lipinski definition) is 5. The van der Waals surface area contributed by atoms with Gasteiger partial charge in [-0.15, -0.1) is 11.3 Å². The van der Waals surface area contributed by atoms with Gasteiger partial charge in [-0.25, -0.2) is 4.98 Å². The maximum absolute atomic E-state index is 10.2. The lowest BCUT2D eigenvalue weighted by Gasteiger charge is -2.23. The summed E-state index contributed by atoms with van der Waals surface area (Å²) >= 11 is 1.30. The van der Waals surface area contributed by atoms with E-state index >= 15 is 0 Å². The lowest BCUT2D eigenvalue weighted by molar-refractivity contribution is 0.247. The molecule has 8 nitrogen and oxygen atoms in total. The van der Waals surface area contributed by atoms with Crippen molar-refractivity contribution in [1.82, 2.24) is 15.0 Å². The van der Waals surface area contributed by atoms with Crippen LogP contribution in [0.15, 0.2) is 24.0 Å². The quantitative estimate of drug-likeness (QED) is 0.528. The van der Waals surface area contributed by atoms with E-state index in [4.69, 9.17) is 16.6 Å². The van der Waals surface area contributed by atoms with Crippen molar-refractivity contribution >= 4 is 45.0 Å². The number of thiazole rings is 1. The number of nitrogens with zero attached hydrogens (tertiary/aromatic N) is 3. The van der Waals surface area contributed by atoms with Crippen molar-refractivity contribution in [1.29, 1.82) is 10.8 Å². The third-order valence-electron chi connectivity index (χ3n) is 3.52. The van der Waals surface area contributed by atoms with E-state index in [2.05, 4.69) is 21.6 Å². The molecule has 3 rings (SSSR count). The summed E-state index contributed by atoms with van der Waals surface area (Å²) in [4.78, 5) is 7.56. The number of aromatic amines is 1. The van der Waals surface area contributed by atoms with E-state index < -0.39 is 6.10 Å². The summed E-state index contributed by atoms with van der Waals surface area (Å²) in [6, 6.07) is 0. The lowest BCUT2D eigenvalue weighted by Crippen LogP contribution is -2.24. The number of hydrazone groups is 1. The van der Waals surface area contributed by atoms with Crippen molar-refractivity contribution in [3.8, 4) is 0 Å². The van der Waals surface area contributed by atoms with Crippen LogP contribution in [0.5, 0.6) is 0 Å². The van der Waals surface area contributed by atoms with Gasteiger partial charge in [-0.1, -0.05) is 6.58 Å².